The molecular weight excluding hydrogens is 146 g/mol. The van der Waals surface area contributed by atoms with Gasteiger partial charge in [0.2, 0.25) is 5.88 Å². The lowest BCUT2D eigenvalue weighted by molar-refractivity contribution is 0.0601. The summed E-state index contributed by atoms with van der Waals surface area (Å²) in [6, 6.07) is 0. The largest absolute Gasteiger partial charge is 0.465 e. The highest BCUT2D eigenvalue weighted by Gasteiger charge is 2.16. The molecule has 4 nitrogen and oxygen atoms in total. The minimum absolute atomic E-state index is 0.106. The zero-order valence-electron chi connectivity index (χ0n) is 6.38. The monoisotopic (exact) mass is 155 g/mol. The van der Waals surface area contributed by atoms with E-state index in [1.165, 1.54) is 13.4 Å². The van der Waals surface area contributed by atoms with E-state index < -0.39 is 5.97 Å². The van der Waals surface area contributed by atoms with Crippen LogP contribution in [0.25, 0.3) is 0 Å². The zero-order chi connectivity index (χ0) is 8.43. The van der Waals surface area contributed by atoms with Gasteiger partial charge in [0.25, 0.3) is 0 Å². The average molecular weight is 155 g/mol. The van der Waals surface area contributed by atoms with Crippen molar-refractivity contribution in [3.05, 3.63) is 17.4 Å². The fraction of sp³-hybridized carbons (Fsp3) is 0.286. The van der Waals surface area contributed by atoms with Crippen LogP contribution in [-0.4, -0.2) is 13.1 Å². The summed E-state index contributed by atoms with van der Waals surface area (Å²) in [5.74, 6) is -0.358. The number of methoxy groups -OCH3 is 1. The SMILES string of the molecule is COC(=O)c1c(C)coc1N. The fourth-order valence-electron chi connectivity index (χ4n) is 0.828. The molecule has 1 rings (SSSR count). The van der Waals surface area contributed by atoms with Crippen molar-refractivity contribution < 1.29 is 13.9 Å². The molecule has 0 unspecified atom stereocenters. The smallest absolute Gasteiger partial charge is 0.343 e. The molecule has 0 saturated carbocycles. The first-order valence-electron chi connectivity index (χ1n) is 3.08. The highest BCUT2D eigenvalue weighted by molar-refractivity contribution is 5.95. The molecule has 0 bridgehead atoms. The molecule has 1 aromatic heterocycles. The van der Waals surface area contributed by atoms with Crippen LogP contribution in [0.15, 0.2) is 10.7 Å². The molecule has 0 aliphatic carbocycles. The van der Waals surface area contributed by atoms with Crippen LogP contribution in [0.2, 0.25) is 0 Å². The van der Waals surface area contributed by atoms with Crippen molar-refractivity contribution in [1.82, 2.24) is 0 Å². The van der Waals surface area contributed by atoms with Gasteiger partial charge in [-0.1, -0.05) is 0 Å². The summed E-state index contributed by atoms with van der Waals surface area (Å²) in [5, 5.41) is 0. The molecule has 60 valence electrons. The molecule has 0 aliphatic heterocycles. The Labute approximate surface area is 63.9 Å². The van der Waals surface area contributed by atoms with Gasteiger partial charge in [0, 0.05) is 5.56 Å². The summed E-state index contributed by atoms with van der Waals surface area (Å²) in [5.41, 5.74) is 6.35. The number of nitrogen functional groups attached to an aromatic ring is 1. The Balaban J connectivity index is 3.10. The van der Waals surface area contributed by atoms with Crippen LogP contribution in [0.5, 0.6) is 0 Å². The summed E-state index contributed by atoms with van der Waals surface area (Å²) in [6.45, 7) is 1.73. The van der Waals surface area contributed by atoms with Gasteiger partial charge in [-0.15, -0.1) is 0 Å². The van der Waals surface area contributed by atoms with Gasteiger partial charge in [-0.05, 0) is 6.92 Å². The minimum Gasteiger partial charge on any atom is -0.465 e. The second-order valence-corrected chi connectivity index (χ2v) is 2.15. The standard InChI is InChI=1S/C7H9NO3/c1-4-3-11-6(8)5(4)7(9)10-2/h3H,8H2,1-2H3. The van der Waals surface area contributed by atoms with Gasteiger partial charge in [0.1, 0.15) is 5.56 Å². The Kier molecular flexibility index (Phi) is 1.85. The van der Waals surface area contributed by atoms with E-state index in [0.717, 1.165) is 0 Å². The van der Waals surface area contributed by atoms with Crippen LogP contribution in [0, 0.1) is 6.92 Å². The summed E-state index contributed by atoms with van der Waals surface area (Å²) in [7, 11) is 1.30. The quantitative estimate of drug-likeness (QED) is 0.613. The Morgan fingerprint density at radius 3 is 2.73 bits per heavy atom. The molecule has 1 aromatic rings. The van der Waals surface area contributed by atoms with Gasteiger partial charge in [0.05, 0.1) is 13.4 Å². The van der Waals surface area contributed by atoms with Crippen molar-refractivity contribution in [2.24, 2.45) is 0 Å². The number of ether oxygens (including phenoxy) is 1. The van der Waals surface area contributed by atoms with Crippen molar-refractivity contribution in [2.75, 3.05) is 12.8 Å². The number of hydrogen-bond donors (Lipinski definition) is 1. The molecule has 1 heterocycles. The number of esters is 1. The third kappa shape index (κ3) is 1.19. The Hall–Kier alpha value is -1.45. The van der Waals surface area contributed by atoms with Crippen LogP contribution >= 0.6 is 0 Å². The van der Waals surface area contributed by atoms with E-state index in [0.29, 0.717) is 11.1 Å². The van der Waals surface area contributed by atoms with Crippen molar-refractivity contribution in [3.63, 3.8) is 0 Å². The summed E-state index contributed by atoms with van der Waals surface area (Å²) in [6.07, 6.45) is 1.42. The van der Waals surface area contributed by atoms with Gasteiger partial charge in [-0.2, -0.15) is 0 Å². The van der Waals surface area contributed by atoms with Crippen LogP contribution in [-0.2, 0) is 4.74 Å². The number of carbonyl (C=O) groups excluding carboxylic acids is 1. The van der Waals surface area contributed by atoms with E-state index in [1.54, 1.807) is 6.92 Å². The predicted octanol–water partition coefficient (Wildman–Crippen LogP) is 0.957. The number of aryl methyl sites for hydroxylation is 1. The second-order valence-electron chi connectivity index (χ2n) is 2.15. The summed E-state index contributed by atoms with van der Waals surface area (Å²) < 4.78 is 9.27. The van der Waals surface area contributed by atoms with Gasteiger partial charge in [-0.3, -0.25) is 0 Å². The minimum atomic E-state index is -0.464. The molecule has 0 amide bonds. The maximum absolute atomic E-state index is 11.0. The summed E-state index contributed by atoms with van der Waals surface area (Å²) >= 11 is 0. The molecular formula is C7H9NO3. The molecule has 0 saturated heterocycles. The van der Waals surface area contributed by atoms with Crippen molar-refractivity contribution >= 4 is 11.9 Å². The lowest BCUT2D eigenvalue weighted by Crippen LogP contribution is -2.04. The molecule has 0 atom stereocenters. The predicted molar refractivity (Wildman–Crippen MR) is 39.2 cm³/mol. The van der Waals surface area contributed by atoms with Gasteiger partial charge >= 0.3 is 5.97 Å². The molecule has 0 aliphatic rings. The van der Waals surface area contributed by atoms with Crippen molar-refractivity contribution in [3.8, 4) is 0 Å². The van der Waals surface area contributed by atoms with E-state index in [1.807, 2.05) is 0 Å². The first-order valence-corrected chi connectivity index (χ1v) is 3.08. The van der Waals surface area contributed by atoms with Gasteiger partial charge in [0.15, 0.2) is 0 Å². The Morgan fingerprint density at radius 2 is 2.36 bits per heavy atom. The molecule has 2 N–H and O–H groups in total. The molecule has 0 aromatic carbocycles. The van der Waals surface area contributed by atoms with Crippen LogP contribution < -0.4 is 5.73 Å². The third-order valence-corrected chi connectivity index (χ3v) is 1.39. The maximum atomic E-state index is 11.0. The molecule has 11 heavy (non-hydrogen) atoms. The number of rotatable bonds is 1. The second kappa shape index (κ2) is 2.65. The van der Waals surface area contributed by atoms with Crippen LogP contribution in [0.4, 0.5) is 5.88 Å². The first-order chi connectivity index (χ1) is 5.16. The number of furan rings is 1. The van der Waals surface area contributed by atoms with Crippen LogP contribution in [0.1, 0.15) is 15.9 Å². The van der Waals surface area contributed by atoms with E-state index in [9.17, 15) is 4.79 Å². The molecule has 0 radical (unpaired) electrons. The third-order valence-electron chi connectivity index (χ3n) is 1.39. The van der Waals surface area contributed by atoms with E-state index in [-0.39, 0.29) is 5.88 Å². The number of carbonyl (C=O) groups is 1. The fourth-order valence-corrected chi connectivity index (χ4v) is 0.828. The molecule has 0 fully saturated rings. The number of nitrogens with two attached hydrogens (primary N) is 1. The number of anilines is 1. The Morgan fingerprint density at radius 1 is 1.73 bits per heavy atom. The first kappa shape index (κ1) is 7.65. The molecule has 4 heteroatoms. The highest BCUT2D eigenvalue weighted by Crippen LogP contribution is 2.18. The average Bonchev–Trinajstić information content (AvgIpc) is 2.30. The lowest BCUT2D eigenvalue weighted by Gasteiger charge is -1.96. The maximum Gasteiger partial charge on any atom is 0.343 e. The van der Waals surface area contributed by atoms with Crippen LogP contribution in [0.3, 0.4) is 0 Å². The zero-order valence-corrected chi connectivity index (χ0v) is 6.38. The molecule has 0 spiro atoms. The van der Waals surface area contributed by atoms with E-state index >= 15 is 0 Å². The Bertz CT molecular complexity index is 258. The highest BCUT2D eigenvalue weighted by atomic mass is 16.5. The number of hydrogen-bond acceptors (Lipinski definition) is 4. The van der Waals surface area contributed by atoms with Crippen molar-refractivity contribution in [2.45, 2.75) is 6.92 Å². The van der Waals surface area contributed by atoms with Gasteiger partial charge in [-0.25, -0.2) is 4.79 Å². The lowest BCUT2D eigenvalue weighted by atomic mass is 10.2. The normalized spacial score (nSPS) is 9.64. The summed E-state index contributed by atoms with van der Waals surface area (Å²) in [4.78, 5) is 11.0. The van der Waals surface area contributed by atoms with E-state index in [4.69, 9.17) is 10.2 Å². The topological polar surface area (TPSA) is 65.5 Å². The van der Waals surface area contributed by atoms with Gasteiger partial charge < -0.3 is 14.9 Å². The van der Waals surface area contributed by atoms with Crippen molar-refractivity contribution in [1.29, 1.82) is 0 Å². The van der Waals surface area contributed by atoms with E-state index in [2.05, 4.69) is 4.74 Å².